The zero-order chi connectivity index (χ0) is 12.8. The topological polar surface area (TPSA) is 43.6 Å². The van der Waals surface area contributed by atoms with Crippen molar-refractivity contribution in [2.75, 3.05) is 14.2 Å². The predicted octanol–water partition coefficient (Wildman–Crippen LogP) is 2.59. The maximum atomic E-state index is 5.67. The number of hydrogen-bond donors (Lipinski definition) is 1. The van der Waals surface area contributed by atoms with E-state index in [1.165, 1.54) is 0 Å². The van der Waals surface area contributed by atoms with E-state index in [4.69, 9.17) is 13.9 Å². The van der Waals surface area contributed by atoms with Gasteiger partial charge in [0.05, 0.1) is 13.7 Å². The molecule has 18 heavy (non-hydrogen) atoms. The van der Waals surface area contributed by atoms with Crippen molar-refractivity contribution in [2.24, 2.45) is 0 Å². The van der Waals surface area contributed by atoms with Crippen LogP contribution in [0.2, 0.25) is 0 Å². The first-order valence-corrected chi connectivity index (χ1v) is 5.81. The van der Waals surface area contributed by atoms with Crippen molar-refractivity contribution >= 4 is 0 Å². The highest BCUT2D eigenvalue weighted by Crippen LogP contribution is 2.26. The van der Waals surface area contributed by atoms with Crippen molar-refractivity contribution in [3.8, 4) is 11.5 Å². The van der Waals surface area contributed by atoms with Crippen molar-refractivity contribution in [1.29, 1.82) is 0 Å². The van der Waals surface area contributed by atoms with Gasteiger partial charge in [0.15, 0.2) is 11.5 Å². The second-order valence-electron chi connectivity index (χ2n) is 3.84. The van der Waals surface area contributed by atoms with Gasteiger partial charge < -0.3 is 19.2 Å². The normalized spacial score (nSPS) is 10.3. The molecule has 4 heteroatoms. The number of hydrogen-bond acceptors (Lipinski definition) is 4. The van der Waals surface area contributed by atoms with Crippen LogP contribution in [-0.4, -0.2) is 14.2 Å². The summed E-state index contributed by atoms with van der Waals surface area (Å²) in [5, 5.41) is 3.03. The summed E-state index contributed by atoms with van der Waals surface area (Å²) < 4.78 is 16.5. The second-order valence-corrected chi connectivity index (χ2v) is 3.84. The number of benzene rings is 1. The van der Waals surface area contributed by atoms with E-state index >= 15 is 0 Å². The van der Waals surface area contributed by atoms with Gasteiger partial charge in [0.2, 0.25) is 0 Å². The van der Waals surface area contributed by atoms with Gasteiger partial charge in [-0.05, 0) is 31.3 Å². The predicted molar refractivity (Wildman–Crippen MR) is 68.8 cm³/mol. The fraction of sp³-hybridized carbons (Fsp3) is 0.286. The number of ether oxygens (including phenoxy) is 2. The van der Waals surface area contributed by atoms with Crippen LogP contribution in [0.1, 0.15) is 11.5 Å². The summed E-state index contributed by atoms with van der Waals surface area (Å²) in [6.07, 6.45) is 0. The van der Waals surface area contributed by atoms with Gasteiger partial charge >= 0.3 is 0 Å². The lowest BCUT2D eigenvalue weighted by atomic mass is 10.3. The lowest BCUT2D eigenvalue weighted by Crippen LogP contribution is -2.03. The van der Waals surface area contributed by atoms with Crippen LogP contribution in [0, 0.1) is 0 Å². The number of methoxy groups -OCH3 is 1. The fourth-order valence-corrected chi connectivity index (χ4v) is 1.66. The molecule has 1 aromatic carbocycles. The zero-order valence-electron chi connectivity index (χ0n) is 10.6. The lowest BCUT2D eigenvalue weighted by molar-refractivity contribution is 0.252. The second kappa shape index (κ2) is 6.12. The first-order valence-electron chi connectivity index (χ1n) is 5.81. The average molecular weight is 247 g/mol. The molecule has 0 saturated carbocycles. The molecule has 0 fully saturated rings. The summed E-state index contributed by atoms with van der Waals surface area (Å²) in [5.41, 5.74) is 0. The van der Waals surface area contributed by atoms with Crippen LogP contribution in [-0.2, 0) is 13.2 Å². The number of furan rings is 1. The lowest BCUT2D eigenvalue weighted by Gasteiger charge is -2.08. The minimum Gasteiger partial charge on any atom is -0.493 e. The summed E-state index contributed by atoms with van der Waals surface area (Å²) in [5.74, 6) is 3.13. The van der Waals surface area contributed by atoms with Gasteiger partial charge in [0, 0.05) is 0 Å². The summed E-state index contributed by atoms with van der Waals surface area (Å²) in [7, 11) is 3.51. The van der Waals surface area contributed by atoms with E-state index in [-0.39, 0.29) is 0 Å². The molecule has 96 valence electrons. The van der Waals surface area contributed by atoms with E-state index in [0.29, 0.717) is 18.9 Å². The molecule has 0 amide bonds. The molecule has 0 aliphatic carbocycles. The third kappa shape index (κ3) is 3.05. The Morgan fingerprint density at radius 2 is 1.78 bits per heavy atom. The molecule has 0 radical (unpaired) electrons. The Bertz CT molecular complexity index is 493. The average Bonchev–Trinajstić information content (AvgIpc) is 2.85. The maximum Gasteiger partial charge on any atom is 0.161 e. The van der Waals surface area contributed by atoms with Crippen LogP contribution < -0.4 is 14.8 Å². The molecule has 0 aliphatic rings. The Kier molecular flexibility index (Phi) is 4.25. The van der Waals surface area contributed by atoms with Crippen LogP contribution >= 0.6 is 0 Å². The van der Waals surface area contributed by atoms with Gasteiger partial charge in [0.25, 0.3) is 0 Å². The highest BCUT2D eigenvalue weighted by atomic mass is 16.5. The number of rotatable bonds is 6. The van der Waals surface area contributed by atoms with E-state index in [1.54, 1.807) is 7.11 Å². The van der Waals surface area contributed by atoms with Crippen LogP contribution in [0.3, 0.4) is 0 Å². The van der Waals surface area contributed by atoms with E-state index < -0.39 is 0 Å². The molecule has 1 heterocycles. The number of nitrogens with one attached hydrogen (secondary N) is 1. The van der Waals surface area contributed by atoms with Crippen LogP contribution in [0.4, 0.5) is 0 Å². The SMILES string of the molecule is CNCc1ccc(COc2ccccc2OC)o1. The first-order chi connectivity index (χ1) is 8.83. The van der Waals surface area contributed by atoms with E-state index in [0.717, 1.165) is 17.3 Å². The van der Waals surface area contributed by atoms with Crippen LogP contribution in [0.5, 0.6) is 11.5 Å². The van der Waals surface area contributed by atoms with Gasteiger partial charge in [-0.25, -0.2) is 0 Å². The molecular formula is C14H17NO3. The van der Waals surface area contributed by atoms with Crippen molar-refractivity contribution in [1.82, 2.24) is 5.32 Å². The van der Waals surface area contributed by atoms with Crippen LogP contribution in [0.15, 0.2) is 40.8 Å². The standard InChI is InChI=1S/C14H17NO3/c1-15-9-11-7-8-12(18-11)10-17-14-6-4-3-5-13(14)16-2/h3-8,15H,9-10H2,1-2H3. The highest BCUT2D eigenvalue weighted by molar-refractivity contribution is 5.39. The Morgan fingerprint density at radius 3 is 2.50 bits per heavy atom. The van der Waals surface area contributed by atoms with Gasteiger partial charge in [-0.2, -0.15) is 0 Å². The molecule has 0 aliphatic heterocycles. The van der Waals surface area contributed by atoms with Crippen molar-refractivity contribution < 1.29 is 13.9 Å². The zero-order valence-corrected chi connectivity index (χ0v) is 10.6. The highest BCUT2D eigenvalue weighted by Gasteiger charge is 2.05. The van der Waals surface area contributed by atoms with Gasteiger partial charge in [0.1, 0.15) is 18.1 Å². The Labute approximate surface area is 107 Å². The molecule has 0 atom stereocenters. The minimum absolute atomic E-state index is 0.393. The van der Waals surface area contributed by atoms with Crippen molar-refractivity contribution in [3.63, 3.8) is 0 Å². The smallest absolute Gasteiger partial charge is 0.161 e. The first kappa shape index (κ1) is 12.5. The molecule has 2 rings (SSSR count). The molecule has 0 bridgehead atoms. The molecule has 1 N–H and O–H groups in total. The fourth-order valence-electron chi connectivity index (χ4n) is 1.66. The summed E-state index contributed by atoms with van der Waals surface area (Å²) in [4.78, 5) is 0. The molecule has 0 unspecified atom stereocenters. The third-order valence-electron chi connectivity index (χ3n) is 2.51. The Morgan fingerprint density at radius 1 is 1.06 bits per heavy atom. The van der Waals surface area contributed by atoms with Crippen molar-refractivity contribution in [2.45, 2.75) is 13.2 Å². The quantitative estimate of drug-likeness (QED) is 0.852. The summed E-state index contributed by atoms with van der Waals surface area (Å²) in [6.45, 7) is 1.11. The van der Waals surface area contributed by atoms with Crippen molar-refractivity contribution in [3.05, 3.63) is 47.9 Å². The number of para-hydroxylation sites is 2. The Hall–Kier alpha value is -1.94. The molecular weight excluding hydrogens is 230 g/mol. The van der Waals surface area contributed by atoms with E-state index in [1.807, 2.05) is 43.4 Å². The molecule has 4 nitrogen and oxygen atoms in total. The van der Waals surface area contributed by atoms with Gasteiger partial charge in [-0.1, -0.05) is 12.1 Å². The molecule has 0 saturated heterocycles. The third-order valence-corrected chi connectivity index (χ3v) is 2.51. The maximum absolute atomic E-state index is 5.67. The van der Waals surface area contributed by atoms with E-state index in [2.05, 4.69) is 5.32 Å². The minimum atomic E-state index is 0.393. The van der Waals surface area contributed by atoms with E-state index in [9.17, 15) is 0 Å². The summed E-state index contributed by atoms with van der Waals surface area (Å²) >= 11 is 0. The largest absolute Gasteiger partial charge is 0.493 e. The Balaban J connectivity index is 1.97. The molecule has 0 spiro atoms. The van der Waals surface area contributed by atoms with Gasteiger partial charge in [-0.15, -0.1) is 0 Å². The molecule has 1 aromatic heterocycles. The van der Waals surface area contributed by atoms with Crippen LogP contribution in [0.25, 0.3) is 0 Å². The monoisotopic (exact) mass is 247 g/mol. The molecule has 2 aromatic rings. The summed E-state index contributed by atoms with van der Waals surface area (Å²) in [6, 6.07) is 11.4. The van der Waals surface area contributed by atoms with Gasteiger partial charge in [-0.3, -0.25) is 0 Å².